The van der Waals surface area contributed by atoms with Crippen LogP contribution in [0.1, 0.15) is 22.3 Å². The molecule has 1 atom stereocenters. The number of carbonyl (C=O) groups is 3. The van der Waals surface area contributed by atoms with Gasteiger partial charge in [0.05, 0.1) is 0 Å². The van der Waals surface area contributed by atoms with Crippen LogP contribution in [0.4, 0.5) is 4.79 Å². The first kappa shape index (κ1) is 20.9. The normalized spacial score (nSPS) is 19.9. The molecular formula is C27H25N3O3. The molecule has 0 saturated carbocycles. The van der Waals surface area contributed by atoms with Crippen LogP contribution in [0.25, 0.3) is 0 Å². The second-order valence-electron chi connectivity index (χ2n) is 8.59. The first-order chi connectivity index (χ1) is 16.1. The average molecular weight is 440 g/mol. The van der Waals surface area contributed by atoms with E-state index >= 15 is 0 Å². The number of hydrogen-bond donors (Lipinski definition) is 1. The number of benzene rings is 3. The molecule has 33 heavy (non-hydrogen) atoms. The number of urea groups is 1. The monoisotopic (exact) mass is 439 g/mol. The molecule has 0 unspecified atom stereocenters. The Bertz CT molecular complexity index is 1200. The summed E-state index contributed by atoms with van der Waals surface area (Å²) in [5.74, 6) is -0.620. The average Bonchev–Trinajstić information content (AvgIpc) is 3.09. The van der Waals surface area contributed by atoms with E-state index in [0.717, 1.165) is 22.4 Å². The maximum atomic E-state index is 13.7. The van der Waals surface area contributed by atoms with Crippen molar-refractivity contribution < 1.29 is 14.4 Å². The number of imide groups is 1. The number of nitrogens with one attached hydrogen (secondary N) is 1. The molecule has 0 spiro atoms. The third kappa shape index (κ3) is 3.89. The van der Waals surface area contributed by atoms with Crippen molar-refractivity contribution in [3.05, 3.63) is 107 Å². The van der Waals surface area contributed by atoms with E-state index in [0.29, 0.717) is 25.1 Å². The van der Waals surface area contributed by atoms with Crippen molar-refractivity contribution in [1.82, 2.24) is 15.1 Å². The quantitative estimate of drug-likeness (QED) is 0.621. The molecule has 2 aliphatic rings. The summed E-state index contributed by atoms with van der Waals surface area (Å²) in [5.41, 5.74) is 2.73. The number of amides is 4. The Kier molecular flexibility index (Phi) is 5.42. The molecule has 6 nitrogen and oxygen atoms in total. The zero-order valence-electron chi connectivity index (χ0n) is 18.2. The number of nitrogens with zero attached hydrogens (tertiary/aromatic N) is 2. The Morgan fingerprint density at radius 3 is 2.21 bits per heavy atom. The van der Waals surface area contributed by atoms with Gasteiger partial charge in [-0.3, -0.25) is 14.5 Å². The fraction of sp³-hybridized carbons (Fsp3) is 0.222. The van der Waals surface area contributed by atoms with Crippen LogP contribution in [0.2, 0.25) is 0 Å². The molecule has 0 aliphatic carbocycles. The van der Waals surface area contributed by atoms with Crippen molar-refractivity contribution in [1.29, 1.82) is 0 Å². The summed E-state index contributed by atoms with van der Waals surface area (Å²) in [5, 5.41) is 2.92. The van der Waals surface area contributed by atoms with Crippen LogP contribution in [-0.2, 0) is 34.5 Å². The van der Waals surface area contributed by atoms with Gasteiger partial charge < -0.3 is 10.2 Å². The molecule has 2 heterocycles. The predicted molar refractivity (Wildman–Crippen MR) is 124 cm³/mol. The third-order valence-corrected chi connectivity index (χ3v) is 6.53. The fourth-order valence-corrected chi connectivity index (χ4v) is 4.76. The minimum atomic E-state index is -1.24. The minimum Gasteiger partial charge on any atom is -0.336 e. The van der Waals surface area contributed by atoms with E-state index in [4.69, 9.17) is 0 Å². The second kappa shape index (κ2) is 8.54. The van der Waals surface area contributed by atoms with Crippen LogP contribution in [-0.4, -0.2) is 40.7 Å². The standard InChI is InChI=1S/C27H25N3O3/c31-24(29-16-15-21-11-7-8-12-22(21)18-29)19-30-25(32)27(28-26(30)33,23-13-5-2-6-14-23)17-20-9-3-1-4-10-20/h1-14H,15-19H2,(H,28,33)/t27-/m0/s1. The lowest BCUT2D eigenvalue weighted by Gasteiger charge is -2.30. The lowest BCUT2D eigenvalue weighted by Crippen LogP contribution is -2.47. The van der Waals surface area contributed by atoms with Crippen molar-refractivity contribution in [3.63, 3.8) is 0 Å². The summed E-state index contributed by atoms with van der Waals surface area (Å²) in [6, 6.07) is 26.4. The van der Waals surface area contributed by atoms with Crippen molar-refractivity contribution in [2.24, 2.45) is 0 Å². The van der Waals surface area contributed by atoms with E-state index in [1.165, 1.54) is 5.56 Å². The lowest BCUT2D eigenvalue weighted by molar-refractivity contribution is -0.139. The van der Waals surface area contributed by atoms with Gasteiger partial charge >= 0.3 is 6.03 Å². The largest absolute Gasteiger partial charge is 0.336 e. The number of rotatable bonds is 5. The highest BCUT2D eigenvalue weighted by Crippen LogP contribution is 2.33. The molecule has 0 radical (unpaired) electrons. The van der Waals surface area contributed by atoms with Crippen LogP contribution >= 0.6 is 0 Å². The summed E-state index contributed by atoms with van der Waals surface area (Å²) in [4.78, 5) is 42.6. The van der Waals surface area contributed by atoms with Gasteiger partial charge in [0, 0.05) is 19.5 Å². The van der Waals surface area contributed by atoms with Crippen molar-refractivity contribution in [3.8, 4) is 0 Å². The Morgan fingerprint density at radius 2 is 1.48 bits per heavy atom. The van der Waals surface area contributed by atoms with Crippen LogP contribution in [0.5, 0.6) is 0 Å². The van der Waals surface area contributed by atoms with Gasteiger partial charge in [-0.05, 0) is 28.7 Å². The third-order valence-electron chi connectivity index (χ3n) is 6.53. The Morgan fingerprint density at radius 1 is 0.848 bits per heavy atom. The highest BCUT2D eigenvalue weighted by Gasteiger charge is 2.53. The van der Waals surface area contributed by atoms with Gasteiger partial charge in [-0.2, -0.15) is 0 Å². The molecule has 0 bridgehead atoms. The van der Waals surface area contributed by atoms with Gasteiger partial charge in [-0.15, -0.1) is 0 Å². The Hall–Kier alpha value is -3.93. The highest BCUT2D eigenvalue weighted by atomic mass is 16.2. The van der Waals surface area contributed by atoms with Gasteiger partial charge in [0.2, 0.25) is 5.91 Å². The highest BCUT2D eigenvalue weighted by molar-refractivity contribution is 6.09. The molecule has 1 saturated heterocycles. The van der Waals surface area contributed by atoms with Crippen LogP contribution in [0, 0.1) is 0 Å². The molecule has 4 amide bonds. The van der Waals surface area contributed by atoms with E-state index in [1.807, 2.05) is 78.9 Å². The molecule has 2 aliphatic heterocycles. The van der Waals surface area contributed by atoms with Crippen LogP contribution in [0.3, 0.4) is 0 Å². The number of carbonyl (C=O) groups excluding carboxylic acids is 3. The second-order valence-corrected chi connectivity index (χ2v) is 8.59. The summed E-state index contributed by atoms with van der Waals surface area (Å²) in [6.07, 6.45) is 1.08. The Labute approximate surface area is 192 Å². The molecule has 166 valence electrons. The van der Waals surface area contributed by atoms with E-state index < -0.39 is 17.5 Å². The van der Waals surface area contributed by atoms with Gasteiger partial charge in [-0.1, -0.05) is 84.9 Å². The maximum absolute atomic E-state index is 13.7. The Balaban J connectivity index is 1.40. The van der Waals surface area contributed by atoms with E-state index in [1.54, 1.807) is 4.90 Å². The maximum Gasteiger partial charge on any atom is 0.325 e. The zero-order valence-corrected chi connectivity index (χ0v) is 18.2. The zero-order chi connectivity index (χ0) is 22.8. The molecule has 0 aromatic heterocycles. The van der Waals surface area contributed by atoms with Gasteiger partial charge in [0.15, 0.2) is 5.54 Å². The molecule has 5 rings (SSSR count). The predicted octanol–water partition coefficient (Wildman–Crippen LogP) is 3.26. The van der Waals surface area contributed by atoms with Gasteiger partial charge in [0.25, 0.3) is 5.91 Å². The fourth-order valence-electron chi connectivity index (χ4n) is 4.76. The van der Waals surface area contributed by atoms with Crippen molar-refractivity contribution in [2.75, 3.05) is 13.1 Å². The van der Waals surface area contributed by atoms with Crippen LogP contribution < -0.4 is 5.32 Å². The topological polar surface area (TPSA) is 69.7 Å². The van der Waals surface area contributed by atoms with E-state index in [9.17, 15) is 14.4 Å². The van der Waals surface area contributed by atoms with Gasteiger partial charge in [0.1, 0.15) is 6.54 Å². The van der Waals surface area contributed by atoms with E-state index in [2.05, 4.69) is 11.4 Å². The summed E-state index contributed by atoms with van der Waals surface area (Å²) >= 11 is 0. The number of fused-ring (bicyclic) bond motifs is 1. The first-order valence-electron chi connectivity index (χ1n) is 11.1. The smallest absolute Gasteiger partial charge is 0.325 e. The summed E-state index contributed by atoms with van der Waals surface area (Å²) in [6.45, 7) is 0.802. The molecule has 1 N–H and O–H groups in total. The van der Waals surface area contributed by atoms with Crippen LogP contribution in [0.15, 0.2) is 84.9 Å². The van der Waals surface area contributed by atoms with Crippen molar-refractivity contribution in [2.45, 2.75) is 24.9 Å². The summed E-state index contributed by atoms with van der Waals surface area (Å²) < 4.78 is 0. The SMILES string of the molecule is O=C(CN1C(=O)N[C@@](Cc2ccccc2)(c2ccccc2)C1=O)N1CCc2ccccc2C1. The molecule has 3 aromatic rings. The molecule has 3 aromatic carbocycles. The summed E-state index contributed by atoms with van der Waals surface area (Å²) in [7, 11) is 0. The lowest BCUT2D eigenvalue weighted by atomic mass is 9.83. The first-order valence-corrected chi connectivity index (χ1v) is 11.1. The molecule has 6 heteroatoms. The van der Waals surface area contributed by atoms with E-state index in [-0.39, 0.29) is 12.5 Å². The molecule has 1 fully saturated rings. The number of hydrogen-bond acceptors (Lipinski definition) is 3. The molecular weight excluding hydrogens is 414 g/mol. The minimum absolute atomic E-state index is 0.225. The van der Waals surface area contributed by atoms with Gasteiger partial charge in [-0.25, -0.2) is 4.79 Å². The van der Waals surface area contributed by atoms with Crippen molar-refractivity contribution >= 4 is 17.8 Å².